The van der Waals surface area contributed by atoms with E-state index in [2.05, 4.69) is 0 Å². The quantitative estimate of drug-likeness (QED) is 0.816. The van der Waals surface area contributed by atoms with Gasteiger partial charge in [0.25, 0.3) is 0 Å². The van der Waals surface area contributed by atoms with Crippen LogP contribution in [0.15, 0.2) is 0 Å². The van der Waals surface area contributed by atoms with Gasteiger partial charge in [0.2, 0.25) is 0 Å². The van der Waals surface area contributed by atoms with Gasteiger partial charge >= 0.3 is 18.0 Å². The molecule has 1 rings (SSSR count). The predicted octanol–water partition coefficient (Wildman–Crippen LogP) is 1.56. The molecule has 0 aromatic carbocycles. The Kier molecular flexibility index (Phi) is 4.97. The van der Waals surface area contributed by atoms with Crippen molar-refractivity contribution in [3.05, 3.63) is 0 Å². The number of hydrogen-bond acceptors (Lipinski definition) is 4. The molecule has 0 bridgehead atoms. The van der Waals surface area contributed by atoms with Crippen molar-refractivity contribution < 1.29 is 29.3 Å². The van der Waals surface area contributed by atoms with Crippen LogP contribution in [0, 0.1) is 5.92 Å². The van der Waals surface area contributed by atoms with Gasteiger partial charge in [-0.05, 0) is 39.5 Å². The van der Waals surface area contributed by atoms with Crippen LogP contribution in [0.25, 0.3) is 0 Å². The Morgan fingerprint density at radius 2 is 1.80 bits per heavy atom. The van der Waals surface area contributed by atoms with E-state index in [-0.39, 0.29) is 25.3 Å². The molecule has 114 valence electrons. The van der Waals surface area contributed by atoms with E-state index in [0.29, 0.717) is 6.42 Å². The fraction of sp³-hybridized carbons (Fsp3) is 0.769. The first-order valence-electron chi connectivity index (χ1n) is 6.54. The van der Waals surface area contributed by atoms with Crippen molar-refractivity contribution in [1.82, 2.24) is 4.90 Å². The van der Waals surface area contributed by atoms with Gasteiger partial charge in [-0.3, -0.25) is 9.69 Å². The number of ether oxygens (including phenoxy) is 1. The van der Waals surface area contributed by atoms with Crippen LogP contribution in [-0.4, -0.2) is 51.3 Å². The average molecular weight is 287 g/mol. The van der Waals surface area contributed by atoms with Crippen LogP contribution >= 0.6 is 0 Å². The molecule has 1 heterocycles. The molecule has 1 fully saturated rings. The van der Waals surface area contributed by atoms with Crippen molar-refractivity contribution in [2.45, 2.75) is 51.7 Å². The van der Waals surface area contributed by atoms with Crippen LogP contribution in [0.1, 0.15) is 40.0 Å². The summed E-state index contributed by atoms with van der Waals surface area (Å²) in [6.45, 7) is 5.18. The Balaban J connectivity index is 2.80. The number of rotatable bonds is 3. The average Bonchev–Trinajstić information content (AvgIpc) is 2.25. The molecule has 0 unspecified atom stereocenters. The summed E-state index contributed by atoms with van der Waals surface area (Å²) in [6, 6.07) is -0.949. The van der Waals surface area contributed by atoms with Gasteiger partial charge in [-0.1, -0.05) is 0 Å². The van der Waals surface area contributed by atoms with E-state index >= 15 is 0 Å². The zero-order valence-corrected chi connectivity index (χ0v) is 12.0. The molecule has 2 atom stereocenters. The van der Waals surface area contributed by atoms with Gasteiger partial charge < -0.3 is 14.9 Å². The Bertz CT molecular complexity index is 400. The summed E-state index contributed by atoms with van der Waals surface area (Å²) >= 11 is 0. The number of amides is 1. The summed E-state index contributed by atoms with van der Waals surface area (Å²) in [4.78, 5) is 35.1. The highest BCUT2D eigenvalue weighted by Crippen LogP contribution is 2.26. The van der Waals surface area contributed by atoms with Gasteiger partial charge in [0.15, 0.2) is 0 Å². The highest BCUT2D eigenvalue weighted by molar-refractivity contribution is 5.80. The number of likely N-dealkylation sites (tertiary alicyclic amines) is 1. The highest BCUT2D eigenvalue weighted by atomic mass is 16.6. The fourth-order valence-electron chi connectivity index (χ4n) is 2.24. The zero-order chi connectivity index (χ0) is 15.5. The third-order valence-electron chi connectivity index (χ3n) is 3.06. The van der Waals surface area contributed by atoms with Crippen molar-refractivity contribution in [3.8, 4) is 0 Å². The van der Waals surface area contributed by atoms with E-state index in [9.17, 15) is 14.4 Å². The molecule has 0 spiro atoms. The topological polar surface area (TPSA) is 104 Å². The Hall–Kier alpha value is -1.79. The summed E-state index contributed by atoms with van der Waals surface area (Å²) in [5.74, 6) is -2.28. The van der Waals surface area contributed by atoms with Crippen molar-refractivity contribution in [1.29, 1.82) is 0 Å². The van der Waals surface area contributed by atoms with Crippen LogP contribution in [-0.2, 0) is 14.3 Å². The minimum Gasteiger partial charge on any atom is -0.481 e. The Morgan fingerprint density at radius 3 is 2.25 bits per heavy atom. The first-order valence-corrected chi connectivity index (χ1v) is 6.54. The number of carboxylic acids is 2. The SMILES string of the molecule is CC(C)(C)OC(=O)N1C[C@@H](CC(=O)O)CC[C@@H]1C(=O)O. The number of carbonyl (C=O) groups excluding carboxylic acids is 1. The van der Waals surface area contributed by atoms with E-state index in [4.69, 9.17) is 14.9 Å². The number of carboxylic acid groups (broad SMARTS) is 2. The lowest BCUT2D eigenvalue weighted by atomic mass is 9.90. The van der Waals surface area contributed by atoms with Gasteiger partial charge in [-0.25, -0.2) is 9.59 Å². The third kappa shape index (κ3) is 4.71. The van der Waals surface area contributed by atoms with Crippen LogP contribution in [0.4, 0.5) is 4.79 Å². The second kappa shape index (κ2) is 6.11. The van der Waals surface area contributed by atoms with Crippen LogP contribution in [0.2, 0.25) is 0 Å². The zero-order valence-electron chi connectivity index (χ0n) is 12.0. The largest absolute Gasteiger partial charge is 0.481 e. The minimum atomic E-state index is -1.09. The van der Waals surface area contributed by atoms with Crippen LogP contribution < -0.4 is 0 Å². The normalized spacial score (nSPS) is 23.2. The van der Waals surface area contributed by atoms with Gasteiger partial charge in [0.05, 0.1) is 0 Å². The second-order valence-corrected chi connectivity index (χ2v) is 6.03. The lowest BCUT2D eigenvalue weighted by molar-refractivity contribution is -0.145. The molecular formula is C13H21NO6. The Labute approximate surface area is 117 Å². The van der Waals surface area contributed by atoms with Gasteiger partial charge in [0.1, 0.15) is 11.6 Å². The molecule has 1 aliphatic rings. The van der Waals surface area contributed by atoms with E-state index in [1.165, 1.54) is 0 Å². The number of piperidine rings is 1. The first-order chi connectivity index (χ1) is 9.10. The summed E-state index contributed by atoms with van der Waals surface area (Å²) in [6.07, 6.45) is -0.0687. The first kappa shape index (κ1) is 16.3. The van der Waals surface area contributed by atoms with Crippen LogP contribution in [0.3, 0.4) is 0 Å². The third-order valence-corrected chi connectivity index (χ3v) is 3.06. The van der Waals surface area contributed by atoms with E-state index in [0.717, 1.165) is 4.90 Å². The van der Waals surface area contributed by atoms with Crippen molar-refractivity contribution in [2.75, 3.05) is 6.54 Å². The maximum atomic E-state index is 12.1. The van der Waals surface area contributed by atoms with E-state index < -0.39 is 29.7 Å². The van der Waals surface area contributed by atoms with Crippen molar-refractivity contribution in [3.63, 3.8) is 0 Å². The lowest BCUT2D eigenvalue weighted by Crippen LogP contribution is -2.52. The molecule has 0 saturated carbocycles. The number of nitrogens with zero attached hydrogens (tertiary/aromatic N) is 1. The Morgan fingerprint density at radius 1 is 1.20 bits per heavy atom. The molecule has 0 aromatic heterocycles. The number of aliphatic carboxylic acids is 2. The van der Waals surface area contributed by atoms with Gasteiger partial charge in [0, 0.05) is 13.0 Å². The molecule has 0 aromatic rings. The van der Waals surface area contributed by atoms with Gasteiger partial charge in [-0.2, -0.15) is 0 Å². The maximum absolute atomic E-state index is 12.1. The standard InChI is InChI=1S/C13H21NO6/c1-13(2,3)20-12(19)14-7-8(6-10(15)16)4-5-9(14)11(17)18/h8-9H,4-7H2,1-3H3,(H,15,16)(H,17,18)/t8-,9-/m1/s1. The lowest BCUT2D eigenvalue weighted by Gasteiger charge is -2.37. The molecule has 2 N–H and O–H groups in total. The minimum absolute atomic E-state index is 0.0777. The summed E-state index contributed by atoms with van der Waals surface area (Å²) in [7, 11) is 0. The van der Waals surface area contributed by atoms with Crippen molar-refractivity contribution in [2.24, 2.45) is 5.92 Å². The maximum Gasteiger partial charge on any atom is 0.411 e. The van der Waals surface area contributed by atoms with Crippen molar-refractivity contribution >= 4 is 18.0 Å². The van der Waals surface area contributed by atoms with E-state index in [1.54, 1.807) is 20.8 Å². The number of carbonyl (C=O) groups is 3. The summed E-state index contributed by atoms with van der Waals surface area (Å²) < 4.78 is 5.19. The highest BCUT2D eigenvalue weighted by Gasteiger charge is 2.38. The monoisotopic (exact) mass is 287 g/mol. The number of hydrogen-bond donors (Lipinski definition) is 2. The second-order valence-electron chi connectivity index (χ2n) is 6.03. The molecule has 0 radical (unpaired) electrons. The van der Waals surface area contributed by atoms with Crippen LogP contribution in [0.5, 0.6) is 0 Å². The van der Waals surface area contributed by atoms with E-state index in [1.807, 2.05) is 0 Å². The molecule has 20 heavy (non-hydrogen) atoms. The summed E-state index contributed by atoms with van der Waals surface area (Å²) in [5.41, 5.74) is -0.722. The molecule has 1 amide bonds. The molecule has 7 nitrogen and oxygen atoms in total. The molecule has 1 saturated heterocycles. The van der Waals surface area contributed by atoms with Gasteiger partial charge in [-0.15, -0.1) is 0 Å². The molecular weight excluding hydrogens is 266 g/mol. The summed E-state index contributed by atoms with van der Waals surface area (Å²) in [5, 5.41) is 18.0. The smallest absolute Gasteiger partial charge is 0.411 e. The molecule has 1 aliphatic heterocycles. The molecule has 7 heteroatoms. The fourth-order valence-corrected chi connectivity index (χ4v) is 2.24. The predicted molar refractivity (Wildman–Crippen MR) is 69.3 cm³/mol. The molecule has 0 aliphatic carbocycles.